The van der Waals surface area contributed by atoms with Crippen LogP contribution in [0, 0.1) is 0 Å². The van der Waals surface area contributed by atoms with E-state index in [4.69, 9.17) is 0 Å². The SMILES string of the molecule is O=C(N/N=C\c1ccc2ccccc2c1)Nc1ccccc1. The number of anilines is 1. The number of fused-ring (bicyclic) bond motifs is 1. The topological polar surface area (TPSA) is 53.5 Å². The van der Waals surface area contributed by atoms with Gasteiger partial charge in [0.2, 0.25) is 0 Å². The highest BCUT2D eigenvalue weighted by molar-refractivity contribution is 5.92. The maximum Gasteiger partial charge on any atom is 0.339 e. The van der Waals surface area contributed by atoms with Crippen molar-refractivity contribution in [3.63, 3.8) is 0 Å². The number of para-hydroxylation sites is 1. The van der Waals surface area contributed by atoms with Gasteiger partial charge in [0.25, 0.3) is 0 Å². The first-order chi connectivity index (χ1) is 10.8. The van der Waals surface area contributed by atoms with Crippen LogP contribution in [0.4, 0.5) is 10.5 Å². The number of hydrogen-bond acceptors (Lipinski definition) is 2. The highest BCUT2D eigenvalue weighted by Gasteiger charge is 1.98. The fraction of sp³-hybridized carbons (Fsp3) is 0. The Morgan fingerprint density at radius 2 is 1.59 bits per heavy atom. The van der Waals surface area contributed by atoms with Crippen LogP contribution in [0.2, 0.25) is 0 Å². The van der Waals surface area contributed by atoms with E-state index >= 15 is 0 Å². The van der Waals surface area contributed by atoms with Crippen LogP contribution in [-0.2, 0) is 0 Å². The highest BCUT2D eigenvalue weighted by atomic mass is 16.2. The molecule has 0 fully saturated rings. The average Bonchev–Trinajstić information content (AvgIpc) is 2.55. The Labute approximate surface area is 128 Å². The standard InChI is InChI=1S/C18H15N3O/c22-18(20-17-8-2-1-3-9-17)21-19-13-14-10-11-15-6-4-5-7-16(15)12-14/h1-13H,(H2,20,21,22)/b19-13-. The van der Waals surface area contributed by atoms with E-state index in [1.165, 1.54) is 5.39 Å². The van der Waals surface area contributed by atoms with Crippen molar-refractivity contribution in [3.05, 3.63) is 78.4 Å². The number of carbonyl (C=O) groups excluding carboxylic acids is 1. The lowest BCUT2D eigenvalue weighted by atomic mass is 10.1. The lowest BCUT2D eigenvalue weighted by molar-refractivity contribution is 0.252. The van der Waals surface area contributed by atoms with Crippen molar-refractivity contribution in [2.24, 2.45) is 5.10 Å². The number of rotatable bonds is 3. The van der Waals surface area contributed by atoms with Gasteiger partial charge in [-0.2, -0.15) is 5.10 Å². The van der Waals surface area contributed by atoms with Gasteiger partial charge in [0.1, 0.15) is 0 Å². The van der Waals surface area contributed by atoms with Crippen LogP contribution in [0.15, 0.2) is 77.9 Å². The first-order valence-electron chi connectivity index (χ1n) is 6.95. The molecule has 0 aliphatic carbocycles. The van der Waals surface area contributed by atoms with Crippen molar-refractivity contribution < 1.29 is 4.79 Å². The first kappa shape index (κ1) is 13.8. The van der Waals surface area contributed by atoms with Gasteiger partial charge in [-0.25, -0.2) is 10.2 Å². The molecule has 0 aliphatic heterocycles. The van der Waals surface area contributed by atoms with E-state index in [0.717, 1.165) is 16.6 Å². The third kappa shape index (κ3) is 3.49. The number of benzene rings is 3. The molecule has 0 radical (unpaired) electrons. The number of hydrazone groups is 1. The molecule has 4 heteroatoms. The molecule has 0 aromatic heterocycles. The highest BCUT2D eigenvalue weighted by Crippen LogP contribution is 2.14. The molecule has 4 nitrogen and oxygen atoms in total. The Balaban J connectivity index is 1.62. The summed E-state index contributed by atoms with van der Waals surface area (Å²) >= 11 is 0. The van der Waals surface area contributed by atoms with Crippen LogP contribution in [-0.4, -0.2) is 12.2 Å². The van der Waals surface area contributed by atoms with E-state index in [2.05, 4.69) is 21.9 Å². The van der Waals surface area contributed by atoms with Crippen molar-refractivity contribution in [2.75, 3.05) is 5.32 Å². The summed E-state index contributed by atoms with van der Waals surface area (Å²) < 4.78 is 0. The lowest BCUT2D eigenvalue weighted by Crippen LogP contribution is -2.24. The minimum Gasteiger partial charge on any atom is -0.307 e. The third-order valence-electron chi connectivity index (χ3n) is 3.18. The second kappa shape index (κ2) is 6.54. The van der Waals surface area contributed by atoms with E-state index in [-0.39, 0.29) is 6.03 Å². The van der Waals surface area contributed by atoms with Gasteiger partial charge in [-0.1, -0.05) is 54.6 Å². The van der Waals surface area contributed by atoms with Crippen LogP contribution in [0.1, 0.15) is 5.56 Å². The number of nitrogens with one attached hydrogen (secondary N) is 2. The van der Waals surface area contributed by atoms with Crippen LogP contribution in [0.25, 0.3) is 10.8 Å². The van der Waals surface area contributed by atoms with Crippen LogP contribution < -0.4 is 10.7 Å². The minimum atomic E-state index is -0.372. The molecule has 108 valence electrons. The van der Waals surface area contributed by atoms with Gasteiger partial charge in [-0.3, -0.25) is 0 Å². The van der Waals surface area contributed by atoms with Gasteiger partial charge in [0, 0.05) is 5.69 Å². The van der Waals surface area contributed by atoms with Crippen molar-refractivity contribution in [2.45, 2.75) is 0 Å². The summed E-state index contributed by atoms with van der Waals surface area (Å²) in [5.74, 6) is 0. The van der Waals surface area contributed by atoms with E-state index in [9.17, 15) is 4.79 Å². The van der Waals surface area contributed by atoms with Crippen LogP contribution in [0.3, 0.4) is 0 Å². The number of amides is 2. The average molecular weight is 289 g/mol. The van der Waals surface area contributed by atoms with Crippen molar-refractivity contribution >= 4 is 28.7 Å². The molecule has 3 aromatic carbocycles. The molecule has 0 bridgehead atoms. The van der Waals surface area contributed by atoms with Crippen molar-refractivity contribution in [1.82, 2.24) is 5.43 Å². The molecule has 0 aliphatic rings. The van der Waals surface area contributed by atoms with Crippen LogP contribution >= 0.6 is 0 Å². The quantitative estimate of drug-likeness (QED) is 0.556. The second-order valence-corrected chi connectivity index (χ2v) is 4.80. The Morgan fingerprint density at radius 3 is 2.41 bits per heavy atom. The Morgan fingerprint density at radius 1 is 0.864 bits per heavy atom. The zero-order valence-corrected chi connectivity index (χ0v) is 11.9. The summed E-state index contributed by atoms with van der Waals surface area (Å²) in [4.78, 5) is 11.7. The Bertz CT molecular complexity index is 813. The summed E-state index contributed by atoms with van der Waals surface area (Å²) in [6.45, 7) is 0. The molecule has 3 aromatic rings. The summed E-state index contributed by atoms with van der Waals surface area (Å²) in [5.41, 5.74) is 4.10. The summed E-state index contributed by atoms with van der Waals surface area (Å²) in [5, 5.41) is 8.97. The van der Waals surface area contributed by atoms with Crippen LogP contribution in [0.5, 0.6) is 0 Å². The molecule has 3 rings (SSSR count). The van der Waals surface area contributed by atoms with Gasteiger partial charge < -0.3 is 5.32 Å². The van der Waals surface area contributed by atoms with Crippen molar-refractivity contribution in [1.29, 1.82) is 0 Å². The number of carbonyl (C=O) groups is 1. The van der Waals surface area contributed by atoms with Gasteiger partial charge >= 0.3 is 6.03 Å². The predicted octanol–water partition coefficient (Wildman–Crippen LogP) is 4.00. The molecular weight excluding hydrogens is 274 g/mol. The normalized spacial score (nSPS) is 10.7. The Hall–Kier alpha value is -3.14. The number of hydrogen-bond donors (Lipinski definition) is 2. The zero-order valence-electron chi connectivity index (χ0n) is 11.9. The molecule has 0 atom stereocenters. The molecule has 22 heavy (non-hydrogen) atoms. The molecule has 2 amide bonds. The van der Waals surface area contributed by atoms with E-state index < -0.39 is 0 Å². The first-order valence-corrected chi connectivity index (χ1v) is 6.95. The molecule has 0 spiro atoms. The van der Waals surface area contributed by atoms with Gasteiger partial charge in [-0.15, -0.1) is 0 Å². The molecule has 0 unspecified atom stereocenters. The predicted molar refractivity (Wildman–Crippen MR) is 90.1 cm³/mol. The third-order valence-corrected chi connectivity index (χ3v) is 3.18. The lowest BCUT2D eigenvalue weighted by Gasteiger charge is -2.03. The summed E-state index contributed by atoms with van der Waals surface area (Å²) in [7, 11) is 0. The van der Waals surface area contributed by atoms with Gasteiger partial charge in [0.05, 0.1) is 6.21 Å². The molecule has 0 saturated carbocycles. The molecular formula is C18H15N3O. The number of urea groups is 1. The fourth-order valence-corrected chi connectivity index (χ4v) is 2.13. The van der Waals surface area contributed by atoms with E-state index in [1.807, 2.05) is 66.7 Å². The maximum absolute atomic E-state index is 11.7. The maximum atomic E-state index is 11.7. The minimum absolute atomic E-state index is 0.372. The largest absolute Gasteiger partial charge is 0.339 e. The summed E-state index contributed by atoms with van der Waals surface area (Å²) in [6.07, 6.45) is 1.62. The number of nitrogens with zero attached hydrogens (tertiary/aromatic N) is 1. The van der Waals surface area contributed by atoms with E-state index in [1.54, 1.807) is 6.21 Å². The Kier molecular flexibility index (Phi) is 4.11. The molecule has 2 N–H and O–H groups in total. The van der Waals surface area contributed by atoms with Crippen molar-refractivity contribution in [3.8, 4) is 0 Å². The zero-order chi connectivity index (χ0) is 15.2. The smallest absolute Gasteiger partial charge is 0.307 e. The summed E-state index contributed by atoms with van der Waals surface area (Å²) in [6, 6.07) is 23.0. The van der Waals surface area contributed by atoms with E-state index in [0.29, 0.717) is 0 Å². The van der Waals surface area contributed by atoms with Gasteiger partial charge in [-0.05, 0) is 34.5 Å². The fourth-order valence-electron chi connectivity index (χ4n) is 2.13. The monoisotopic (exact) mass is 289 g/mol. The van der Waals surface area contributed by atoms with Gasteiger partial charge in [0.15, 0.2) is 0 Å². The molecule has 0 heterocycles. The second-order valence-electron chi connectivity index (χ2n) is 4.80. The molecule has 0 saturated heterocycles.